The molecule has 2 aromatic rings. The summed E-state index contributed by atoms with van der Waals surface area (Å²) in [6, 6.07) is 7.80. The first kappa shape index (κ1) is 19.2. The Morgan fingerprint density at radius 1 is 1.32 bits per heavy atom. The van der Waals surface area contributed by atoms with E-state index in [2.05, 4.69) is 29.3 Å². The van der Waals surface area contributed by atoms with Crippen LogP contribution in [0.2, 0.25) is 0 Å². The van der Waals surface area contributed by atoms with Crippen LogP contribution in [-0.4, -0.2) is 46.1 Å². The van der Waals surface area contributed by atoms with E-state index in [1.165, 1.54) is 0 Å². The van der Waals surface area contributed by atoms with E-state index in [9.17, 15) is 4.79 Å². The van der Waals surface area contributed by atoms with Gasteiger partial charge >= 0.3 is 0 Å². The number of nitrogens with one attached hydrogen (secondary N) is 1. The number of aromatic nitrogens is 2. The number of piperazine rings is 1. The summed E-state index contributed by atoms with van der Waals surface area (Å²) < 4.78 is 10.7. The molecule has 1 amide bonds. The van der Waals surface area contributed by atoms with Crippen LogP contribution in [0.15, 0.2) is 28.8 Å². The zero-order chi connectivity index (χ0) is 17.1. The minimum atomic E-state index is -0.0184. The zero-order valence-electron chi connectivity index (χ0n) is 14.6. The molecule has 25 heavy (non-hydrogen) atoms. The molecule has 1 aliphatic heterocycles. The lowest BCUT2D eigenvalue weighted by atomic mass is 10.1. The number of benzene rings is 1. The maximum Gasteiger partial charge on any atom is 0.257 e. The first-order valence-corrected chi connectivity index (χ1v) is 8.09. The standard InChI is InChI=1S/C17H22N4O3.ClH/c1-11-8-21(9-12(2)18-11)17(22)14-6-4-5-7-15(14)23-10-16-19-13(3)24-20-16;/h4-7,11-12,18H,8-10H2,1-3H3;1H. The zero-order valence-corrected chi connectivity index (χ0v) is 15.4. The van der Waals surface area contributed by atoms with Crippen LogP contribution in [0.5, 0.6) is 5.75 Å². The number of amides is 1. The summed E-state index contributed by atoms with van der Waals surface area (Å²) in [5.41, 5.74) is 0.555. The maximum atomic E-state index is 12.9. The van der Waals surface area contributed by atoms with Crippen molar-refractivity contribution in [3.05, 3.63) is 41.5 Å². The molecule has 1 N–H and O–H groups in total. The van der Waals surface area contributed by atoms with Crippen LogP contribution in [0.4, 0.5) is 0 Å². The molecule has 2 unspecified atom stereocenters. The number of nitrogens with zero attached hydrogens (tertiary/aromatic N) is 3. The van der Waals surface area contributed by atoms with Crippen LogP contribution < -0.4 is 10.1 Å². The summed E-state index contributed by atoms with van der Waals surface area (Å²) in [5.74, 6) is 1.46. The van der Waals surface area contributed by atoms with Gasteiger partial charge in [-0.3, -0.25) is 4.79 Å². The summed E-state index contributed by atoms with van der Waals surface area (Å²) in [6.07, 6.45) is 0. The quantitative estimate of drug-likeness (QED) is 0.893. The van der Waals surface area contributed by atoms with Gasteiger partial charge in [0.25, 0.3) is 5.91 Å². The Bertz CT molecular complexity index is 711. The molecular weight excluding hydrogens is 344 g/mol. The van der Waals surface area contributed by atoms with E-state index >= 15 is 0 Å². The molecule has 1 fully saturated rings. The highest BCUT2D eigenvalue weighted by Gasteiger charge is 2.27. The van der Waals surface area contributed by atoms with Crippen molar-refractivity contribution in [2.24, 2.45) is 0 Å². The van der Waals surface area contributed by atoms with Crippen molar-refractivity contribution in [2.75, 3.05) is 13.1 Å². The smallest absolute Gasteiger partial charge is 0.257 e. The van der Waals surface area contributed by atoms with E-state index in [1.54, 1.807) is 19.1 Å². The molecule has 1 aromatic heterocycles. The number of halogens is 1. The Morgan fingerprint density at radius 3 is 2.64 bits per heavy atom. The lowest BCUT2D eigenvalue weighted by Crippen LogP contribution is -2.55. The lowest BCUT2D eigenvalue weighted by molar-refractivity contribution is 0.0669. The molecule has 0 bridgehead atoms. The average molecular weight is 367 g/mol. The van der Waals surface area contributed by atoms with Crippen molar-refractivity contribution in [1.82, 2.24) is 20.4 Å². The summed E-state index contributed by atoms with van der Waals surface area (Å²) in [4.78, 5) is 18.9. The van der Waals surface area contributed by atoms with Crippen molar-refractivity contribution in [2.45, 2.75) is 39.5 Å². The molecule has 0 spiro atoms. The molecule has 8 heteroatoms. The Labute approximate surface area is 153 Å². The second-order valence-electron chi connectivity index (χ2n) is 6.19. The summed E-state index contributed by atoms with van der Waals surface area (Å²) in [5, 5.41) is 7.23. The molecule has 136 valence electrons. The fraction of sp³-hybridized carbons (Fsp3) is 0.471. The second-order valence-corrected chi connectivity index (χ2v) is 6.19. The van der Waals surface area contributed by atoms with Gasteiger partial charge in [-0.25, -0.2) is 0 Å². The molecule has 2 heterocycles. The van der Waals surface area contributed by atoms with Crippen LogP contribution in [0.25, 0.3) is 0 Å². The number of rotatable bonds is 4. The van der Waals surface area contributed by atoms with Crippen LogP contribution in [0, 0.1) is 6.92 Å². The summed E-state index contributed by atoms with van der Waals surface area (Å²) in [7, 11) is 0. The van der Waals surface area contributed by atoms with Gasteiger partial charge in [-0.2, -0.15) is 4.98 Å². The number of hydrogen-bond acceptors (Lipinski definition) is 6. The normalized spacial score (nSPS) is 20.0. The predicted octanol–water partition coefficient (Wildman–Crippen LogP) is 2.20. The molecule has 0 radical (unpaired) electrons. The molecule has 1 aromatic carbocycles. The second kappa shape index (κ2) is 8.31. The Morgan fingerprint density at radius 2 is 2.00 bits per heavy atom. The minimum absolute atomic E-state index is 0. The highest BCUT2D eigenvalue weighted by molar-refractivity contribution is 5.97. The van der Waals surface area contributed by atoms with Crippen molar-refractivity contribution in [3.63, 3.8) is 0 Å². The van der Waals surface area contributed by atoms with Gasteiger partial charge in [0, 0.05) is 32.1 Å². The average Bonchev–Trinajstić information content (AvgIpc) is 2.97. The van der Waals surface area contributed by atoms with Gasteiger partial charge in [0.1, 0.15) is 5.75 Å². The van der Waals surface area contributed by atoms with Gasteiger partial charge in [0.2, 0.25) is 11.7 Å². The van der Waals surface area contributed by atoms with Crippen LogP contribution in [-0.2, 0) is 6.61 Å². The van der Waals surface area contributed by atoms with E-state index in [4.69, 9.17) is 9.26 Å². The molecule has 0 saturated carbocycles. The third kappa shape index (κ3) is 4.70. The fourth-order valence-corrected chi connectivity index (χ4v) is 2.97. The monoisotopic (exact) mass is 366 g/mol. The third-order valence-electron chi connectivity index (χ3n) is 3.89. The minimum Gasteiger partial charge on any atom is -0.485 e. The number of para-hydroxylation sites is 1. The Hall–Kier alpha value is -2.12. The lowest BCUT2D eigenvalue weighted by Gasteiger charge is -2.36. The first-order valence-electron chi connectivity index (χ1n) is 8.09. The summed E-state index contributed by atoms with van der Waals surface area (Å²) >= 11 is 0. The van der Waals surface area contributed by atoms with E-state index in [-0.39, 0.29) is 37.0 Å². The van der Waals surface area contributed by atoms with E-state index < -0.39 is 0 Å². The molecule has 7 nitrogen and oxygen atoms in total. The van der Waals surface area contributed by atoms with Crippen molar-refractivity contribution in [1.29, 1.82) is 0 Å². The van der Waals surface area contributed by atoms with Crippen molar-refractivity contribution in [3.8, 4) is 5.75 Å². The molecule has 3 rings (SSSR count). The van der Waals surface area contributed by atoms with Crippen LogP contribution >= 0.6 is 12.4 Å². The Balaban J connectivity index is 0.00000225. The SMILES string of the molecule is Cc1nc(COc2ccccc2C(=O)N2CC(C)NC(C)C2)no1.Cl. The number of aryl methyl sites for hydroxylation is 1. The van der Waals surface area contributed by atoms with Gasteiger partial charge in [-0.05, 0) is 26.0 Å². The molecule has 2 atom stereocenters. The largest absolute Gasteiger partial charge is 0.485 e. The molecule has 1 saturated heterocycles. The van der Waals surface area contributed by atoms with Gasteiger partial charge in [0.05, 0.1) is 5.56 Å². The van der Waals surface area contributed by atoms with Gasteiger partial charge < -0.3 is 19.5 Å². The van der Waals surface area contributed by atoms with Gasteiger partial charge in [0.15, 0.2) is 6.61 Å². The molecule has 0 aliphatic carbocycles. The third-order valence-corrected chi connectivity index (χ3v) is 3.89. The topological polar surface area (TPSA) is 80.5 Å². The van der Waals surface area contributed by atoms with Crippen LogP contribution in [0.1, 0.15) is 35.9 Å². The first-order chi connectivity index (χ1) is 11.5. The van der Waals surface area contributed by atoms with Gasteiger partial charge in [-0.15, -0.1) is 12.4 Å². The maximum absolute atomic E-state index is 12.9. The van der Waals surface area contributed by atoms with Crippen LogP contribution in [0.3, 0.4) is 0 Å². The van der Waals surface area contributed by atoms with E-state index in [1.807, 2.05) is 17.0 Å². The molecule has 1 aliphatic rings. The number of carbonyl (C=O) groups is 1. The van der Waals surface area contributed by atoms with Crippen molar-refractivity contribution >= 4 is 18.3 Å². The number of ether oxygens (including phenoxy) is 1. The van der Waals surface area contributed by atoms with E-state index in [0.29, 0.717) is 36.1 Å². The van der Waals surface area contributed by atoms with E-state index in [0.717, 1.165) is 0 Å². The molecular formula is C17H23ClN4O3. The highest BCUT2D eigenvalue weighted by atomic mass is 35.5. The predicted molar refractivity (Wildman–Crippen MR) is 95.0 cm³/mol. The fourth-order valence-electron chi connectivity index (χ4n) is 2.97. The van der Waals surface area contributed by atoms with Crippen molar-refractivity contribution < 1.29 is 14.1 Å². The van der Waals surface area contributed by atoms with Gasteiger partial charge in [-0.1, -0.05) is 17.3 Å². The summed E-state index contributed by atoms with van der Waals surface area (Å²) in [6.45, 7) is 7.41. The number of carbonyl (C=O) groups excluding carboxylic acids is 1. The highest BCUT2D eigenvalue weighted by Crippen LogP contribution is 2.22. The Kier molecular flexibility index (Phi) is 6.39. The number of hydrogen-bond donors (Lipinski definition) is 1.